The standard InChI is InChI=1S/C23H39N5O4/c1-23(2,3)13-19(29)28-14-16(26-22(32)25-15-8-5-4-6-9-15)12-18(28)21(31)27-11-7-10-17(27)20(24)30/h15-18H,4-14H2,1-3H3,(H2,24,30)(H2,25,26,32). The van der Waals surface area contributed by atoms with Gasteiger partial charge in [-0.05, 0) is 37.5 Å². The molecule has 5 amide bonds. The van der Waals surface area contributed by atoms with Gasteiger partial charge in [-0.15, -0.1) is 0 Å². The Bertz CT molecular complexity index is 728. The van der Waals surface area contributed by atoms with Gasteiger partial charge in [0.15, 0.2) is 0 Å². The van der Waals surface area contributed by atoms with Gasteiger partial charge in [0.05, 0.1) is 6.04 Å². The van der Waals surface area contributed by atoms with E-state index in [2.05, 4.69) is 10.6 Å². The first kappa shape index (κ1) is 24.3. The van der Waals surface area contributed by atoms with E-state index in [4.69, 9.17) is 5.73 Å². The van der Waals surface area contributed by atoms with Gasteiger partial charge in [-0.1, -0.05) is 40.0 Å². The smallest absolute Gasteiger partial charge is 0.315 e. The van der Waals surface area contributed by atoms with Gasteiger partial charge in [0.1, 0.15) is 12.1 Å². The van der Waals surface area contributed by atoms with Gasteiger partial charge in [-0.3, -0.25) is 14.4 Å². The van der Waals surface area contributed by atoms with Crippen molar-refractivity contribution in [3.8, 4) is 0 Å². The van der Waals surface area contributed by atoms with Crippen LogP contribution in [0.2, 0.25) is 0 Å². The van der Waals surface area contributed by atoms with Crippen LogP contribution >= 0.6 is 0 Å². The summed E-state index contributed by atoms with van der Waals surface area (Å²) in [7, 11) is 0. The number of hydrogen-bond acceptors (Lipinski definition) is 4. The predicted octanol–water partition coefficient (Wildman–Crippen LogP) is 1.50. The molecule has 0 spiro atoms. The number of carbonyl (C=O) groups excluding carboxylic acids is 4. The highest BCUT2D eigenvalue weighted by molar-refractivity contribution is 5.93. The largest absolute Gasteiger partial charge is 0.368 e. The van der Waals surface area contributed by atoms with Crippen LogP contribution in [-0.4, -0.2) is 70.8 Å². The van der Waals surface area contributed by atoms with Crippen molar-refractivity contribution in [3.63, 3.8) is 0 Å². The van der Waals surface area contributed by atoms with E-state index in [0.29, 0.717) is 38.8 Å². The molecule has 0 aromatic carbocycles. The van der Waals surface area contributed by atoms with Crippen LogP contribution < -0.4 is 16.4 Å². The van der Waals surface area contributed by atoms with E-state index in [0.717, 1.165) is 25.7 Å². The molecule has 3 aliphatic rings. The highest BCUT2D eigenvalue weighted by atomic mass is 16.2. The van der Waals surface area contributed by atoms with Crippen molar-refractivity contribution in [2.45, 2.75) is 103 Å². The Hall–Kier alpha value is -2.32. The second-order valence-corrected chi connectivity index (χ2v) is 10.8. The lowest BCUT2D eigenvalue weighted by Gasteiger charge is -2.31. The van der Waals surface area contributed by atoms with E-state index in [9.17, 15) is 19.2 Å². The number of urea groups is 1. The molecule has 0 bridgehead atoms. The Balaban J connectivity index is 1.69. The quantitative estimate of drug-likeness (QED) is 0.588. The third-order valence-corrected chi connectivity index (χ3v) is 6.73. The van der Waals surface area contributed by atoms with Crippen LogP contribution in [0.4, 0.5) is 4.79 Å². The summed E-state index contributed by atoms with van der Waals surface area (Å²) in [5, 5.41) is 6.02. The molecule has 3 fully saturated rings. The van der Waals surface area contributed by atoms with Crippen LogP contribution in [0.15, 0.2) is 0 Å². The number of amides is 5. The SMILES string of the molecule is CC(C)(C)CC(=O)N1CC(NC(=O)NC2CCCCC2)CC1C(=O)N1CCCC1C(N)=O. The maximum Gasteiger partial charge on any atom is 0.315 e. The number of carbonyl (C=O) groups is 4. The molecule has 3 unspecified atom stereocenters. The maximum absolute atomic E-state index is 13.4. The predicted molar refractivity (Wildman–Crippen MR) is 120 cm³/mol. The lowest BCUT2D eigenvalue weighted by Crippen LogP contribution is -2.52. The van der Waals surface area contributed by atoms with Crippen molar-refractivity contribution in [3.05, 3.63) is 0 Å². The fraction of sp³-hybridized carbons (Fsp3) is 0.826. The van der Waals surface area contributed by atoms with Crippen molar-refractivity contribution < 1.29 is 19.2 Å². The van der Waals surface area contributed by atoms with Crippen molar-refractivity contribution in [1.29, 1.82) is 0 Å². The Kier molecular flexibility index (Phi) is 7.67. The highest BCUT2D eigenvalue weighted by Gasteiger charge is 2.45. The molecule has 1 aliphatic carbocycles. The van der Waals surface area contributed by atoms with Gasteiger partial charge < -0.3 is 26.2 Å². The molecular formula is C23H39N5O4. The Morgan fingerprint density at radius 1 is 0.875 bits per heavy atom. The van der Waals surface area contributed by atoms with Gasteiger partial charge in [0.25, 0.3) is 0 Å². The lowest BCUT2D eigenvalue weighted by atomic mass is 9.91. The van der Waals surface area contributed by atoms with Crippen LogP contribution in [0.5, 0.6) is 0 Å². The Labute approximate surface area is 190 Å². The molecule has 0 aromatic heterocycles. The summed E-state index contributed by atoms with van der Waals surface area (Å²) >= 11 is 0. The first-order valence-corrected chi connectivity index (χ1v) is 12.0. The van der Waals surface area contributed by atoms with E-state index < -0.39 is 18.0 Å². The van der Waals surface area contributed by atoms with Gasteiger partial charge in [0.2, 0.25) is 17.7 Å². The van der Waals surface area contributed by atoms with Gasteiger partial charge in [0, 0.05) is 25.6 Å². The molecule has 3 rings (SSSR count). The second kappa shape index (κ2) is 10.1. The van der Waals surface area contributed by atoms with Crippen LogP contribution in [0.3, 0.4) is 0 Å². The van der Waals surface area contributed by atoms with Gasteiger partial charge in [-0.25, -0.2) is 4.79 Å². The molecular weight excluding hydrogens is 410 g/mol. The highest BCUT2D eigenvalue weighted by Crippen LogP contribution is 2.28. The zero-order valence-corrected chi connectivity index (χ0v) is 19.7. The summed E-state index contributed by atoms with van der Waals surface area (Å²) in [6.07, 6.45) is 7.33. The molecule has 4 N–H and O–H groups in total. The molecule has 9 heteroatoms. The summed E-state index contributed by atoms with van der Waals surface area (Å²) in [6, 6.07) is -1.68. The van der Waals surface area contributed by atoms with E-state index in [1.807, 2.05) is 20.8 Å². The summed E-state index contributed by atoms with van der Waals surface area (Å²) < 4.78 is 0. The van der Waals surface area contributed by atoms with Crippen LogP contribution in [-0.2, 0) is 14.4 Å². The minimum atomic E-state index is -0.690. The van der Waals surface area contributed by atoms with Crippen molar-refractivity contribution >= 4 is 23.8 Å². The topological polar surface area (TPSA) is 125 Å². The van der Waals surface area contributed by atoms with Gasteiger partial charge in [-0.2, -0.15) is 0 Å². The van der Waals surface area contributed by atoms with Crippen LogP contribution in [0, 0.1) is 5.41 Å². The van der Waals surface area contributed by atoms with E-state index in [1.54, 1.807) is 4.90 Å². The number of nitrogens with zero attached hydrogens (tertiary/aromatic N) is 2. The Morgan fingerprint density at radius 3 is 2.16 bits per heavy atom. The zero-order valence-electron chi connectivity index (χ0n) is 19.7. The van der Waals surface area contributed by atoms with E-state index in [-0.39, 0.29) is 35.3 Å². The fourth-order valence-corrected chi connectivity index (χ4v) is 5.18. The fourth-order valence-electron chi connectivity index (χ4n) is 5.18. The maximum atomic E-state index is 13.4. The van der Waals surface area contributed by atoms with Crippen molar-refractivity contribution in [2.24, 2.45) is 11.1 Å². The molecule has 9 nitrogen and oxygen atoms in total. The minimum Gasteiger partial charge on any atom is -0.368 e. The molecule has 32 heavy (non-hydrogen) atoms. The monoisotopic (exact) mass is 449 g/mol. The van der Waals surface area contributed by atoms with Crippen LogP contribution in [0.25, 0.3) is 0 Å². The summed E-state index contributed by atoms with van der Waals surface area (Å²) in [5.41, 5.74) is 5.28. The zero-order chi connectivity index (χ0) is 23.5. The summed E-state index contributed by atoms with van der Waals surface area (Å²) in [4.78, 5) is 54.0. The molecule has 2 aliphatic heterocycles. The van der Waals surface area contributed by atoms with Crippen molar-refractivity contribution in [2.75, 3.05) is 13.1 Å². The molecule has 3 atom stereocenters. The third-order valence-electron chi connectivity index (χ3n) is 6.73. The number of likely N-dealkylation sites (tertiary alicyclic amines) is 2. The molecule has 1 saturated carbocycles. The summed E-state index contributed by atoms with van der Waals surface area (Å²) in [6.45, 7) is 6.70. The lowest BCUT2D eigenvalue weighted by molar-refractivity contribution is -0.146. The van der Waals surface area contributed by atoms with E-state index in [1.165, 1.54) is 11.3 Å². The minimum absolute atomic E-state index is 0.109. The molecule has 180 valence electrons. The number of hydrogen-bond donors (Lipinski definition) is 3. The Morgan fingerprint density at radius 2 is 1.53 bits per heavy atom. The number of nitrogens with one attached hydrogen (secondary N) is 2. The second-order valence-electron chi connectivity index (χ2n) is 10.8. The average molecular weight is 450 g/mol. The number of nitrogens with two attached hydrogens (primary N) is 1. The molecule has 0 aromatic rings. The third kappa shape index (κ3) is 6.13. The summed E-state index contributed by atoms with van der Waals surface area (Å²) in [5.74, 6) is -0.865. The first-order chi connectivity index (χ1) is 15.0. The molecule has 0 radical (unpaired) electrons. The van der Waals surface area contributed by atoms with Gasteiger partial charge >= 0.3 is 6.03 Å². The number of primary amides is 1. The molecule has 2 heterocycles. The van der Waals surface area contributed by atoms with Crippen molar-refractivity contribution in [1.82, 2.24) is 20.4 Å². The van der Waals surface area contributed by atoms with Crippen LogP contribution in [0.1, 0.15) is 78.6 Å². The van der Waals surface area contributed by atoms with E-state index >= 15 is 0 Å². The number of rotatable bonds is 5. The first-order valence-electron chi connectivity index (χ1n) is 12.0. The molecule has 2 saturated heterocycles. The average Bonchev–Trinajstić information content (AvgIpc) is 3.34. The normalized spacial score (nSPS) is 26.8.